The molecule has 1 aromatic rings. The third-order valence-corrected chi connectivity index (χ3v) is 2.32. The molecule has 0 aliphatic heterocycles. The van der Waals surface area contributed by atoms with Gasteiger partial charge in [0.25, 0.3) is 0 Å². The van der Waals surface area contributed by atoms with E-state index >= 15 is 0 Å². The summed E-state index contributed by atoms with van der Waals surface area (Å²) in [6.07, 6.45) is 3.71. The summed E-state index contributed by atoms with van der Waals surface area (Å²) in [6, 6.07) is 6.32. The van der Waals surface area contributed by atoms with Gasteiger partial charge in [-0.05, 0) is 36.5 Å². The second-order valence-corrected chi connectivity index (χ2v) is 2.95. The van der Waals surface area contributed by atoms with Crippen LogP contribution in [0.5, 0.6) is 5.75 Å². The molecule has 2 rings (SSSR count). The molecule has 0 saturated carbocycles. The first kappa shape index (κ1) is 9.07. The molecule has 0 heterocycles. The van der Waals surface area contributed by atoms with Crippen molar-refractivity contribution >= 4 is 0 Å². The van der Waals surface area contributed by atoms with Gasteiger partial charge >= 0.3 is 0 Å². The maximum absolute atomic E-state index is 5.26. The van der Waals surface area contributed by atoms with Crippen LogP contribution in [0.15, 0.2) is 18.2 Å². The molecule has 0 fully saturated rings. The number of hydrogen-bond donors (Lipinski definition) is 1. The first-order valence-corrected chi connectivity index (χ1v) is 4.06. The van der Waals surface area contributed by atoms with Crippen molar-refractivity contribution in [2.45, 2.75) is 19.3 Å². The van der Waals surface area contributed by atoms with Crippen molar-refractivity contribution in [2.24, 2.45) is 0 Å². The molecule has 0 amide bonds. The topological polar surface area (TPSA) is 44.2 Å². The average Bonchev–Trinajstić information content (AvgIpc) is 2.50. The number of fused-ring (bicyclic) bond motifs is 1. The van der Waals surface area contributed by atoms with Gasteiger partial charge in [0.05, 0.1) is 7.11 Å². The Labute approximate surface area is 73.1 Å². The maximum Gasteiger partial charge on any atom is 0.122 e. The zero-order valence-electron chi connectivity index (χ0n) is 7.47. The highest BCUT2D eigenvalue weighted by molar-refractivity contribution is 5.42. The predicted octanol–water partition coefficient (Wildman–Crippen LogP) is 2.35. The Morgan fingerprint density at radius 3 is 2.83 bits per heavy atom. The van der Waals surface area contributed by atoms with E-state index in [4.69, 9.17) is 4.74 Å². The number of aryl methyl sites for hydroxylation is 1. The largest absolute Gasteiger partial charge is 0.496 e. The number of benzene rings is 1. The van der Waals surface area contributed by atoms with Gasteiger partial charge in [0.1, 0.15) is 5.75 Å². The molecule has 0 atom stereocenters. The summed E-state index contributed by atoms with van der Waals surface area (Å²) in [6.45, 7) is 0. The van der Waals surface area contributed by atoms with Gasteiger partial charge < -0.3 is 10.9 Å². The molecule has 2 heteroatoms. The third-order valence-electron chi connectivity index (χ3n) is 2.32. The van der Waals surface area contributed by atoms with E-state index in [0.717, 1.165) is 5.75 Å². The molecule has 66 valence electrons. The van der Waals surface area contributed by atoms with Crippen molar-refractivity contribution < 1.29 is 4.74 Å². The second kappa shape index (κ2) is 3.59. The van der Waals surface area contributed by atoms with E-state index in [2.05, 4.69) is 12.1 Å². The summed E-state index contributed by atoms with van der Waals surface area (Å²) in [5.41, 5.74) is 2.90. The molecule has 2 nitrogen and oxygen atoms in total. The number of methoxy groups -OCH3 is 1. The summed E-state index contributed by atoms with van der Waals surface area (Å²) in [5.74, 6) is 1.07. The van der Waals surface area contributed by atoms with E-state index in [-0.39, 0.29) is 6.15 Å². The van der Waals surface area contributed by atoms with Crippen molar-refractivity contribution in [1.29, 1.82) is 0 Å². The fourth-order valence-electron chi connectivity index (χ4n) is 1.78. The molecular weight excluding hydrogens is 150 g/mol. The molecule has 3 N–H and O–H groups in total. The van der Waals surface area contributed by atoms with Gasteiger partial charge in [-0.1, -0.05) is 12.1 Å². The van der Waals surface area contributed by atoms with Gasteiger partial charge in [0, 0.05) is 0 Å². The van der Waals surface area contributed by atoms with Gasteiger partial charge in [-0.25, -0.2) is 0 Å². The fraction of sp³-hybridized carbons (Fsp3) is 0.400. The lowest BCUT2D eigenvalue weighted by molar-refractivity contribution is 0.410. The zero-order valence-corrected chi connectivity index (χ0v) is 7.47. The Morgan fingerprint density at radius 1 is 1.25 bits per heavy atom. The van der Waals surface area contributed by atoms with Gasteiger partial charge in [-0.3, -0.25) is 0 Å². The molecule has 1 aliphatic rings. The van der Waals surface area contributed by atoms with Crippen molar-refractivity contribution in [2.75, 3.05) is 7.11 Å². The molecule has 12 heavy (non-hydrogen) atoms. The minimum atomic E-state index is 0. The van der Waals surface area contributed by atoms with Gasteiger partial charge in [-0.2, -0.15) is 0 Å². The highest BCUT2D eigenvalue weighted by Crippen LogP contribution is 2.29. The van der Waals surface area contributed by atoms with Crippen molar-refractivity contribution in [3.63, 3.8) is 0 Å². The Kier molecular flexibility index (Phi) is 2.71. The molecular formula is C10H15NO. The van der Waals surface area contributed by atoms with Crippen LogP contribution in [-0.4, -0.2) is 7.11 Å². The Morgan fingerprint density at radius 2 is 2.08 bits per heavy atom. The van der Waals surface area contributed by atoms with Crippen molar-refractivity contribution in [3.05, 3.63) is 29.3 Å². The summed E-state index contributed by atoms with van der Waals surface area (Å²) < 4.78 is 5.26. The highest BCUT2D eigenvalue weighted by Gasteiger charge is 2.13. The van der Waals surface area contributed by atoms with E-state index in [0.29, 0.717) is 0 Å². The summed E-state index contributed by atoms with van der Waals surface area (Å²) in [7, 11) is 1.74. The minimum Gasteiger partial charge on any atom is -0.496 e. The quantitative estimate of drug-likeness (QED) is 0.694. The van der Waals surface area contributed by atoms with Crippen molar-refractivity contribution in [3.8, 4) is 5.75 Å². The van der Waals surface area contributed by atoms with Crippen LogP contribution in [-0.2, 0) is 12.8 Å². The fourth-order valence-corrected chi connectivity index (χ4v) is 1.78. The SMILES string of the molecule is COc1cccc2c1CCC2.N. The predicted molar refractivity (Wildman–Crippen MR) is 50.0 cm³/mol. The Balaban J connectivity index is 0.000000720. The molecule has 0 bridgehead atoms. The smallest absolute Gasteiger partial charge is 0.122 e. The standard InChI is InChI=1S/C10H12O.H3N/c1-11-10-7-3-5-8-4-2-6-9(8)10;/h3,5,7H,2,4,6H2,1H3;1H3. The molecule has 0 saturated heterocycles. The van der Waals surface area contributed by atoms with Crippen LogP contribution in [0.2, 0.25) is 0 Å². The lowest BCUT2D eigenvalue weighted by Gasteiger charge is -2.05. The minimum absolute atomic E-state index is 0. The average molecular weight is 165 g/mol. The van der Waals surface area contributed by atoms with Crippen LogP contribution in [0, 0.1) is 0 Å². The first-order valence-electron chi connectivity index (χ1n) is 4.06. The third kappa shape index (κ3) is 1.30. The van der Waals surface area contributed by atoms with Crippen LogP contribution in [0.25, 0.3) is 0 Å². The van der Waals surface area contributed by atoms with Crippen molar-refractivity contribution in [1.82, 2.24) is 6.15 Å². The van der Waals surface area contributed by atoms with E-state index in [9.17, 15) is 0 Å². The van der Waals surface area contributed by atoms with Gasteiger partial charge in [0.15, 0.2) is 0 Å². The maximum atomic E-state index is 5.26. The van der Waals surface area contributed by atoms with E-state index in [1.165, 1.54) is 30.4 Å². The Bertz CT molecular complexity index is 271. The molecule has 1 aliphatic carbocycles. The lowest BCUT2D eigenvalue weighted by atomic mass is 10.1. The monoisotopic (exact) mass is 165 g/mol. The molecule has 0 aromatic heterocycles. The second-order valence-electron chi connectivity index (χ2n) is 2.95. The van der Waals surface area contributed by atoms with Gasteiger partial charge in [0.2, 0.25) is 0 Å². The molecule has 1 aromatic carbocycles. The molecule has 0 radical (unpaired) electrons. The zero-order chi connectivity index (χ0) is 7.68. The van der Waals surface area contributed by atoms with Gasteiger partial charge in [-0.15, -0.1) is 0 Å². The highest BCUT2D eigenvalue weighted by atomic mass is 16.5. The normalized spacial score (nSPS) is 13.4. The van der Waals surface area contributed by atoms with Crippen LogP contribution in [0.1, 0.15) is 17.5 Å². The lowest BCUT2D eigenvalue weighted by Crippen LogP contribution is -1.89. The molecule has 0 unspecified atom stereocenters. The summed E-state index contributed by atoms with van der Waals surface area (Å²) in [4.78, 5) is 0. The number of ether oxygens (including phenoxy) is 1. The van der Waals surface area contributed by atoms with Crippen LogP contribution in [0.4, 0.5) is 0 Å². The van der Waals surface area contributed by atoms with Crippen LogP contribution >= 0.6 is 0 Å². The first-order chi connectivity index (χ1) is 5.42. The summed E-state index contributed by atoms with van der Waals surface area (Å²) >= 11 is 0. The Hall–Kier alpha value is -1.02. The number of rotatable bonds is 1. The number of hydrogen-bond acceptors (Lipinski definition) is 2. The van der Waals surface area contributed by atoms with E-state index < -0.39 is 0 Å². The summed E-state index contributed by atoms with van der Waals surface area (Å²) in [5, 5.41) is 0. The van der Waals surface area contributed by atoms with E-state index in [1.807, 2.05) is 6.07 Å². The van der Waals surface area contributed by atoms with Crippen LogP contribution < -0.4 is 10.9 Å². The van der Waals surface area contributed by atoms with Crippen LogP contribution in [0.3, 0.4) is 0 Å². The van der Waals surface area contributed by atoms with E-state index in [1.54, 1.807) is 7.11 Å². The molecule has 0 spiro atoms.